The standard InChI is InChI=1S/C24H26N2O6/c1-29-19-6-3-16(13-21(19)30-2)4-8-23(27)26-11-9-17(10-12-26)24(28)25-18-5-7-20-22(14-18)32-15-31-20/h3-8,13-14,17H,9-12,15H2,1-2H3,(H,25,28)/b8-4+. The van der Waals surface area contributed by atoms with Crippen molar-refractivity contribution in [3.63, 3.8) is 0 Å². The number of piperidine rings is 1. The van der Waals surface area contributed by atoms with Gasteiger partial charge in [0, 0.05) is 36.8 Å². The Hall–Kier alpha value is -3.68. The van der Waals surface area contributed by atoms with Gasteiger partial charge in [-0.3, -0.25) is 9.59 Å². The normalized spacial score (nSPS) is 15.6. The van der Waals surface area contributed by atoms with Gasteiger partial charge in [0.05, 0.1) is 14.2 Å². The largest absolute Gasteiger partial charge is 0.493 e. The van der Waals surface area contributed by atoms with Gasteiger partial charge in [0.25, 0.3) is 0 Å². The van der Waals surface area contributed by atoms with E-state index in [1.807, 2.05) is 12.1 Å². The maximum Gasteiger partial charge on any atom is 0.246 e. The van der Waals surface area contributed by atoms with Gasteiger partial charge < -0.3 is 29.2 Å². The summed E-state index contributed by atoms with van der Waals surface area (Å²) < 4.78 is 21.2. The van der Waals surface area contributed by atoms with Gasteiger partial charge in [-0.15, -0.1) is 0 Å². The summed E-state index contributed by atoms with van der Waals surface area (Å²) in [4.78, 5) is 27.0. The van der Waals surface area contributed by atoms with Crippen molar-refractivity contribution in [1.82, 2.24) is 4.90 Å². The van der Waals surface area contributed by atoms with Crippen LogP contribution in [0, 0.1) is 5.92 Å². The second kappa shape index (κ2) is 9.64. The molecule has 2 aromatic carbocycles. The molecule has 0 aromatic heterocycles. The molecule has 0 unspecified atom stereocenters. The highest BCUT2D eigenvalue weighted by Crippen LogP contribution is 2.34. The molecule has 1 N–H and O–H groups in total. The van der Waals surface area contributed by atoms with Crippen LogP contribution in [0.25, 0.3) is 6.08 Å². The van der Waals surface area contributed by atoms with Crippen LogP contribution in [0.1, 0.15) is 18.4 Å². The van der Waals surface area contributed by atoms with Crippen LogP contribution >= 0.6 is 0 Å². The minimum Gasteiger partial charge on any atom is -0.493 e. The van der Waals surface area contributed by atoms with Crippen molar-refractivity contribution in [2.75, 3.05) is 39.4 Å². The first-order valence-electron chi connectivity index (χ1n) is 10.5. The number of rotatable bonds is 6. The van der Waals surface area contributed by atoms with E-state index in [0.29, 0.717) is 54.6 Å². The maximum absolute atomic E-state index is 12.6. The first kappa shape index (κ1) is 21.5. The predicted octanol–water partition coefficient (Wildman–Crippen LogP) is 3.32. The van der Waals surface area contributed by atoms with Gasteiger partial charge in [-0.05, 0) is 48.7 Å². The van der Waals surface area contributed by atoms with E-state index in [-0.39, 0.29) is 24.5 Å². The molecule has 2 aromatic rings. The third kappa shape index (κ3) is 4.80. The van der Waals surface area contributed by atoms with E-state index in [0.717, 1.165) is 5.56 Å². The van der Waals surface area contributed by atoms with Gasteiger partial charge in [0.15, 0.2) is 23.0 Å². The monoisotopic (exact) mass is 438 g/mol. The second-order valence-corrected chi connectivity index (χ2v) is 7.60. The highest BCUT2D eigenvalue weighted by Gasteiger charge is 2.27. The molecule has 0 radical (unpaired) electrons. The number of carbonyl (C=O) groups is 2. The van der Waals surface area contributed by atoms with Gasteiger partial charge in [-0.1, -0.05) is 6.07 Å². The average Bonchev–Trinajstić information content (AvgIpc) is 3.30. The van der Waals surface area contributed by atoms with E-state index in [4.69, 9.17) is 18.9 Å². The molecule has 8 nitrogen and oxygen atoms in total. The third-order valence-electron chi connectivity index (χ3n) is 5.64. The quantitative estimate of drug-likeness (QED) is 0.697. The fraction of sp³-hybridized carbons (Fsp3) is 0.333. The van der Waals surface area contributed by atoms with Crippen LogP contribution in [0.2, 0.25) is 0 Å². The highest BCUT2D eigenvalue weighted by molar-refractivity contribution is 5.94. The van der Waals surface area contributed by atoms with E-state index < -0.39 is 0 Å². The molecule has 2 aliphatic rings. The Kier molecular flexibility index (Phi) is 6.49. The van der Waals surface area contributed by atoms with Crippen LogP contribution in [-0.4, -0.2) is 50.8 Å². The van der Waals surface area contributed by atoms with E-state index in [2.05, 4.69) is 5.32 Å². The zero-order valence-electron chi connectivity index (χ0n) is 18.1. The number of hydrogen-bond acceptors (Lipinski definition) is 6. The summed E-state index contributed by atoms with van der Waals surface area (Å²) in [6.07, 6.45) is 4.54. The van der Waals surface area contributed by atoms with E-state index in [1.54, 1.807) is 55.5 Å². The predicted molar refractivity (Wildman–Crippen MR) is 119 cm³/mol. The molecular weight excluding hydrogens is 412 g/mol. The Morgan fingerprint density at radius 1 is 1.00 bits per heavy atom. The summed E-state index contributed by atoms with van der Waals surface area (Å²) in [5.41, 5.74) is 1.52. The van der Waals surface area contributed by atoms with Crippen LogP contribution in [-0.2, 0) is 9.59 Å². The van der Waals surface area contributed by atoms with Crippen molar-refractivity contribution in [3.05, 3.63) is 48.0 Å². The van der Waals surface area contributed by atoms with Gasteiger partial charge >= 0.3 is 0 Å². The highest BCUT2D eigenvalue weighted by atomic mass is 16.7. The third-order valence-corrected chi connectivity index (χ3v) is 5.64. The number of benzene rings is 2. The van der Waals surface area contributed by atoms with Crippen molar-refractivity contribution >= 4 is 23.6 Å². The molecule has 1 fully saturated rings. The molecular formula is C24H26N2O6. The lowest BCUT2D eigenvalue weighted by Gasteiger charge is -2.30. The van der Waals surface area contributed by atoms with E-state index in [1.165, 1.54) is 0 Å². The molecule has 0 saturated carbocycles. The summed E-state index contributed by atoms with van der Waals surface area (Å²) in [6.45, 7) is 1.27. The fourth-order valence-electron chi connectivity index (χ4n) is 3.81. The topological polar surface area (TPSA) is 86.3 Å². The number of carbonyl (C=O) groups excluding carboxylic acids is 2. The summed E-state index contributed by atoms with van der Waals surface area (Å²) >= 11 is 0. The number of hydrogen-bond donors (Lipinski definition) is 1. The van der Waals surface area contributed by atoms with Gasteiger partial charge in [0.2, 0.25) is 18.6 Å². The lowest BCUT2D eigenvalue weighted by atomic mass is 9.95. The van der Waals surface area contributed by atoms with Crippen LogP contribution in [0.4, 0.5) is 5.69 Å². The fourth-order valence-corrected chi connectivity index (χ4v) is 3.81. The lowest BCUT2D eigenvalue weighted by molar-refractivity contribution is -0.130. The number of likely N-dealkylation sites (tertiary alicyclic amines) is 1. The molecule has 0 aliphatic carbocycles. The molecule has 2 heterocycles. The molecule has 2 amide bonds. The smallest absolute Gasteiger partial charge is 0.246 e. The minimum atomic E-state index is -0.140. The number of nitrogens with one attached hydrogen (secondary N) is 1. The Morgan fingerprint density at radius 2 is 1.75 bits per heavy atom. The molecule has 8 heteroatoms. The number of anilines is 1. The van der Waals surface area contributed by atoms with Crippen LogP contribution < -0.4 is 24.3 Å². The first-order chi connectivity index (χ1) is 15.6. The van der Waals surface area contributed by atoms with Crippen LogP contribution in [0.5, 0.6) is 23.0 Å². The minimum absolute atomic E-state index is 0.0446. The molecule has 32 heavy (non-hydrogen) atoms. The van der Waals surface area contributed by atoms with Crippen molar-refractivity contribution in [1.29, 1.82) is 0 Å². The SMILES string of the molecule is COc1ccc(/C=C/C(=O)N2CCC(C(=O)Nc3ccc4c(c3)OCO4)CC2)cc1OC. The van der Waals surface area contributed by atoms with Crippen LogP contribution in [0.3, 0.4) is 0 Å². The van der Waals surface area contributed by atoms with Gasteiger partial charge in [-0.2, -0.15) is 0 Å². The number of methoxy groups -OCH3 is 2. The van der Waals surface area contributed by atoms with Crippen molar-refractivity contribution < 1.29 is 28.5 Å². The number of fused-ring (bicyclic) bond motifs is 1. The lowest BCUT2D eigenvalue weighted by Crippen LogP contribution is -2.40. The zero-order valence-corrected chi connectivity index (χ0v) is 18.1. The van der Waals surface area contributed by atoms with E-state index >= 15 is 0 Å². The Bertz CT molecular complexity index is 1030. The average molecular weight is 438 g/mol. The Labute approximate surface area is 186 Å². The maximum atomic E-state index is 12.6. The first-order valence-corrected chi connectivity index (χ1v) is 10.5. The summed E-state index contributed by atoms with van der Waals surface area (Å²) in [5.74, 6) is 2.29. The number of ether oxygens (including phenoxy) is 4. The van der Waals surface area contributed by atoms with Gasteiger partial charge in [0.1, 0.15) is 0 Å². The van der Waals surface area contributed by atoms with Crippen molar-refractivity contribution in [2.24, 2.45) is 5.92 Å². The Balaban J connectivity index is 1.29. The molecule has 0 atom stereocenters. The zero-order chi connectivity index (χ0) is 22.5. The number of amides is 2. The molecule has 168 valence electrons. The van der Waals surface area contributed by atoms with Crippen molar-refractivity contribution in [3.8, 4) is 23.0 Å². The van der Waals surface area contributed by atoms with Crippen LogP contribution in [0.15, 0.2) is 42.5 Å². The molecule has 1 saturated heterocycles. The molecule has 2 aliphatic heterocycles. The van der Waals surface area contributed by atoms with Crippen molar-refractivity contribution in [2.45, 2.75) is 12.8 Å². The van der Waals surface area contributed by atoms with E-state index in [9.17, 15) is 9.59 Å². The molecule has 4 rings (SSSR count). The molecule has 0 spiro atoms. The summed E-state index contributed by atoms with van der Waals surface area (Å²) in [6, 6.07) is 10.8. The number of nitrogens with zero attached hydrogens (tertiary/aromatic N) is 1. The Morgan fingerprint density at radius 3 is 2.50 bits per heavy atom. The van der Waals surface area contributed by atoms with Gasteiger partial charge in [-0.25, -0.2) is 0 Å². The molecule has 0 bridgehead atoms. The second-order valence-electron chi connectivity index (χ2n) is 7.60. The summed E-state index contributed by atoms with van der Waals surface area (Å²) in [5, 5.41) is 2.94. The summed E-state index contributed by atoms with van der Waals surface area (Å²) in [7, 11) is 3.15.